The fourth-order valence-corrected chi connectivity index (χ4v) is 2.68. The minimum atomic E-state index is -0.184. The Morgan fingerprint density at radius 2 is 1.83 bits per heavy atom. The molecule has 0 bridgehead atoms. The Morgan fingerprint density at radius 1 is 1.17 bits per heavy atom. The van der Waals surface area contributed by atoms with Crippen molar-refractivity contribution in [1.29, 1.82) is 0 Å². The second-order valence-electron chi connectivity index (χ2n) is 4.24. The van der Waals surface area contributed by atoms with Crippen molar-refractivity contribution in [3.63, 3.8) is 0 Å². The van der Waals surface area contributed by atoms with Gasteiger partial charge < -0.3 is 5.73 Å². The molecule has 2 rings (SSSR count). The van der Waals surface area contributed by atoms with Gasteiger partial charge in [0.1, 0.15) is 0 Å². The average Bonchev–Trinajstić information content (AvgIpc) is 2.38. The first-order valence-electron chi connectivity index (χ1n) is 5.91. The Balaban J connectivity index is 2.31. The van der Waals surface area contributed by atoms with E-state index < -0.39 is 0 Å². The number of rotatable bonds is 3. The summed E-state index contributed by atoms with van der Waals surface area (Å²) in [4.78, 5) is 0. The van der Waals surface area contributed by atoms with Crippen LogP contribution >= 0.6 is 27.5 Å². The Labute approximate surface area is 121 Å². The summed E-state index contributed by atoms with van der Waals surface area (Å²) >= 11 is 9.62. The molecular formula is C15H15BrClN. The van der Waals surface area contributed by atoms with Crippen LogP contribution in [0.3, 0.4) is 0 Å². The summed E-state index contributed by atoms with van der Waals surface area (Å²) in [6.45, 7) is 2.14. The van der Waals surface area contributed by atoms with Crippen LogP contribution in [0.1, 0.15) is 29.7 Å². The molecule has 0 amide bonds. The van der Waals surface area contributed by atoms with Crippen molar-refractivity contribution in [2.45, 2.75) is 19.4 Å². The fraction of sp³-hybridized carbons (Fsp3) is 0.200. The van der Waals surface area contributed by atoms with E-state index in [-0.39, 0.29) is 6.04 Å². The largest absolute Gasteiger partial charge is 0.320 e. The molecule has 2 aromatic carbocycles. The van der Waals surface area contributed by atoms with E-state index in [2.05, 4.69) is 47.1 Å². The van der Waals surface area contributed by atoms with E-state index >= 15 is 0 Å². The number of aryl methyl sites for hydroxylation is 1. The van der Waals surface area contributed by atoms with Crippen LogP contribution in [0.5, 0.6) is 0 Å². The second-order valence-corrected chi connectivity index (χ2v) is 5.56. The van der Waals surface area contributed by atoms with Gasteiger partial charge in [0.05, 0.1) is 6.04 Å². The third kappa shape index (κ3) is 2.94. The molecule has 0 aliphatic rings. The van der Waals surface area contributed by atoms with Gasteiger partial charge in [0.25, 0.3) is 0 Å². The minimum absolute atomic E-state index is 0.184. The normalized spacial score (nSPS) is 12.4. The van der Waals surface area contributed by atoms with Crippen LogP contribution < -0.4 is 5.73 Å². The Hall–Kier alpha value is -0.830. The van der Waals surface area contributed by atoms with E-state index in [1.54, 1.807) is 0 Å². The summed E-state index contributed by atoms with van der Waals surface area (Å²) in [6.07, 6.45) is 1.04. The Morgan fingerprint density at radius 3 is 2.39 bits per heavy atom. The van der Waals surface area contributed by atoms with Gasteiger partial charge in [-0.1, -0.05) is 64.8 Å². The van der Waals surface area contributed by atoms with Crippen molar-refractivity contribution in [1.82, 2.24) is 0 Å². The quantitative estimate of drug-likeness (QED) is 0.869. The molecule has 1 nitrogen and oxygen atoms in total. The molecule has 0 aromatic heterocycles. The highest BCUT2D eigenvalue weighted by Crippen LogP contribution is 2.29. The maximum atomic E-state index is 6.26. The van der Waals surface area contributed by atoms with Crippen molar-refractivity contribution in [2.75, 3.05) is 0 Å². The molecule has 2 N–H and O–H groups in total. The smallest absolute Gasteiger partial charge is 0.0566 e. The molecule has 94 valence electrons. The lowest BCUT2D eigenvalue weighted by atomic mass is 9.98. The minimum Gasteiger partial charge on any atom is -0.320 e. The molecule has 18 heavy (non-hydrogen) atoms. The van der Waals surface area contributed by atoms with Crippen LogP contribution in [0, 0.1) is 0 Å². The zero-order chi connectivity index (χ0) is 13.1. The van der Waals surface area contributed by atoms with Crippen molar-refractivity contribution in [3.05, 3.63) is 68.7 Å². The molecule has 0 aliphatic carbocycles. The molecule has 0 spiro atoms. The fourth-order valence-electron chi connectivity index (χ4n) is 1.89. The van der Waals surface area contributed by atoms with Gasteiger partial charge in [-0.25, -0.2) is 0 Å². The van der Waals surface area contributed by atoms with E-state index in [0.717, 1.165) is 22.0 Å². The lowest BCUT2D eigenvalue weighted by Gasteiger charge is -2.15. The summed E-state index contributed by atoms with van der Waals surface area (Å²) in [7, 11) is 0. The zero-order valence-corrected chi connectivity index (χ0v) is 12.5. The van der Waals surface area contributed by atoms with Crippen molar-refractivity contribution in [2.24, 2.45) is 5.73 Å². The molecule has 2 aromatic rings. The molecule has 3 heteroatoms. The van der Waals surface area contributed by atoms with Crippen molar-refractivity contribution >= 4 is 27.5 Å². The van der Waals surface area contributed by atoms with Crippen LogP contribution in [0.2, 0.25) is 5.02 Å². The van der Waals surface area contributed by atoms with E-state index in [1.807, 2.05) is 18.2 Å². The molecule has 0 saturated heterocycles. The van der Waals surface area contributed by atoms with Crippen LogP contribution in [0.25, 0.3) is 0 Å². The van der Waals surface area contributed by atoms with Gasteiger partial charge in [-0.05, 0) is 35.2 Å². The summed E-state index contributed by atoms with van der Waals surface area (Å²) in [5.41, 5.74) is 9.60. The number of hydrogen-bond acceptors (Lipinski definition) is 1. The third-order valence-electron chi connectivity index (χ3n) is 3.04. The van der Waals surface area contributed by atoms with E-state index in [9.17, 15) is 0 Å². The Kier molecular flexibility index (Phi) is 4.44. The molecule has 1 atom stereocenters. The van der Waals surface area contributed by atoms with Crippen LogP contribution in [0.4, 0.5) is 0 Å². The molecule has 0 radical (unpaired) electrons. The van der Waals surface area contributed by atoms with Crippen molar-refractivity contribution < 1.29 is 0 Å². The van der Waals surface area contributed by atoms with Crippen molar-refractivity contribution in [3.8, 4) is 0 Å². The summed E-state index contributed by atoms with van der Waals surface area (Å²) in [5.74, 6) is 0. The van der Waals surface area contributed by atoms with Gasteiger partial charge in [0, 0.05) is 9.50 Å². The SMILES string of the molecule is CCc1ccc(C(N)c2ccc(Br)cc2Cl)cc1. The Bertz CT molecular complexity index is 537. The number of hydrogen-bond donors (Lipinski definition) is 1. The van der Waals surface area contributed by atoms with E-state index in [4.69, 9.17) is 17.3 Å². The topological polar surface area (TPSA) is 26.0 Å². The molecule has 0 fully saturated rings. The summed E-state index contributed by atoms with van der Waals surface area (Å²) in [5, 5.41) is 0.691. The van der Waals surface area contributed by atoms with Gasteiger partial charge in [0.15, 0.2) is 0 Å². The number of halogens is 2. The lowest BCUT2D eigenvalue weighted by Crippen LogP contribution is -2.12. The highest BCUT2D eigenvalue weighted by atomic mass is 79.9. The zero-order valence-electron chi connectivity index (χ0n) is 10.2. The highest BCUT2D eigenvalue weighted by Gasteiger charge is 2.12. The maximum Gasteiger partial charge on any atom is 0.0566 e. The maximum absolute atomic E-state index is 6.26. The van der Waals surface area contributed by atoms with E-state index in [0.29, 0.717) is 5.02 Å². The highest BCUT2D eigenvalue weighted by molar-refractivity contribution is 9.10. The number of benzene rings is 2. The van der Waals surface area contributed by atoms with Crippen LogP contribution in [0.15, 0.2) is 46.9 Å². The van der Waals surface area contributed by atoms with Gasteiger partial charge in [-0.15, -0.1) is 0 Å². The predicted octanol–water partition coefficient (Wildman–Crippen LogP) is 4.71. The molecular weight excluding hydrogens is 310 g/mol. The summed E-state index contributed by atoms with van der Waals surface area (Å²) < 4.78 is 0.963. The van der Waals surface area contributed by atoms with Gasteiger partial charge in [-0.3, -0.25) is 0 Å². The lowest BCUT2D eigenvalue weighted by molar-refractivity contribution is 0.869. The molecule has 0 aliphatic heterocycles. The summed E-state index contributed by atoms with van der Waals surface area (Å²) in [6, 6.07) is 14.0. The molecule has 0 saturated carbocycles. The first kappa shape index (κ1) is 13.6. The number of nitrogens with two attached hydrogens (primary N) is 1. The monoisotopic (exact) mass is 323 g/mol. The first-order chi connectivity index (χ1) is 8.61. The predicted molar refractivity (Wildman–Crippen MR) is 81.0 cm³/mol. The van der Waals surface area contributed by atoms with Crippen LogP contribution in [-0.2, 0) is 6.42 Å². The second kappa shape index (κ2) is 5.87. The average molecular weight is 325 g/mol. The van der Waals surface area contributed by atoms with Gasteiger partial charge in [-0.2, -0.15) is 0 Å². The standard InChI is InChI=1S/C15H15BrClN/c1-2-10-3-5-11(6-4-10)15(18)13-8-7-12(16)9-14(13)17/h3-9,15H,2,18H2,1H3. The van der Waals surface area contributed by atoms with Gasteiger partial charge >= 0.3 is 0 Å². The molecule has 0 heterocycles. The molecule has 1 unspecified atom stereocenters. The van der Waals surface area contributed by atoms with Gasteiger partial charge in [0.2, 0.25) is 0 Å². The van der Waals surface area contributed by atoms with Crippen LogP contribution in [-0.4, -0.2) is 0 Å². The third-order valence-corrected chi connectivity index (χ3v) is 3.87. The van der Waals surface area contributed by atoms with E-state index in [1.165, 1.54) is 5.56 Å². The first-order valence-corrected chi connectivity index (χ1v) is 7.08.